The molecule has 2 rings (SSSR count). The minimum absolute atomic E-state index is 0. The number of methoxy groups -OCH3 is 2. The molecule has 1 aromatic carbocycles. The van der Waals surface area contributed by atoms with Crippen molar-refractivity contribution < 1.29 is 14.2 Å². The number of ether oxygens (including phenoxy) is 3. The second kappa shape index (κ2) is 14.7. The lowest BCUT2D eigenvalue weighted by atomic mass is 9.83. The summed E-state index contributed by atoms with van der Waals surface area (Å²) in [7, 11) is 5.17. The second-order valence-corrected chi connectivity index (χ2v) is 7.80. The van der Waals surface area contributed by atoms with Crippen molar-refractivity contribution in [3.8, 4) is 11.5 Å². The van der Waals surface area contributed by atoms with Crippen LogP contribution in [0.4, 0.5) is 0 Å². The zero-order chi connectivity index (χ0) is 21.0. The van der Waals surface area contributed by atoms with Crippen molar-refractivity contribution in [3.63, 3.8) is 0 Å². The first kappa shape index (κ1) is 26.8. The zero-order valence-corrected chi connectivity index (χ0v) is 21.4. The van der Waals surface area contributed by atoms with Crippen molar-refractivity contribution in [2.75, 3.05) is 47.6 Å². The maximum Gasteiger partial charge on any atom is 0.190 e. The van der Waals surface area contributed by atoms with Gasteiger partial charge in [-0.05, 0) is 62.1 Å². The molecule has 0 saturated heterocycles. The van der Waals surface area contributed by atoms with Crippen LogP contribution in [0.15, 0.2) is 23.2 Å². The van der Waals surface area contributed by atoms with E-state index in [9.17, 15) is 0 Å². The van der Waals surface area contributed by atoms with Gasteiger partial charge in [0.1, 0.15) is 0 Å². The van der Waals surface area contributed by atoms with E-state index in [1.54, 1.807) is 14.2 Å². The van der Waals surface area contributed by atoms with Gasteiger partial charge in [0, 0.05) is 33.4 Å². The summed E-state index contributed by atoms with van der Waals surface area (Å²) in [4.78, 5) is 4.40. The van der Waals surface area contributed by atoms with E-state index >= 15 is 0 Å². The van der Waals surface area contributed by atoms with Crippen molar-refractivity contribution in [2.45, 2.75) is 51.9 Å². The highest BCUT2D eigenvalue weighted by Gasteiger charge is 2.33. The minimum atomic E-state index is 0. The normalized spacial score (nSPS) is 15.4. The van der Waals surface area contributed by atoms with Gasteiger partial charge in [-0.25, -0.2) is 0 Å². The van der Waals surface area contributed by atoms with E-state index in [4.69, 9.17) is 14.2 Å². The molecule has 0 atom stereocenters. The molecule has 0 amide bonds. The smallest absolute Gasteiger partial charge is 0.190 e. The summed E-state index contributed by atoms with van der Waals surface area (Å²) in [5, 5.41) is 7.01. The molecule has 0 heterocycles. The van der Waals surface area contributed by atoms with Crippen LogP contribution in [0.2, 0.25) is 0 Å². The molecule has 1 aliphatic rings. The van der Waals surface area contributed by atoms with Crippen LogP contribution in [0.25, 0.3) is 0 Å². The van der Waals surface area contributed by atoms with Gasteiger partial charge in [-0.2, -0.15) is 0 Å². The van der Waals surface area contributed by atoms with E-state index < -0.39 is 0 Å². The molecule has 30 heavy (non-hydrogen) atoms. The molecule has 0 unspecified atom stereocenters. The highest BCUT2D eigenvalue weighted by atomic mass is 127. The van der Waals surface area contributed by atoms with Gasteiger partial charge < -0.3 is 24.8 Å². The third-order valence-corrected chi connectivity index (χ3v) is 5.88. The highest BCUT2D eigenvalue weighted by molar-refractivity contribution is 14.0. The number of guanidine groups is 1. The molecule has 1 fully saturated rings. The zero-order valence-electron chi connectivity index (χ0n) is 19.1. The first-order chi connectivity index (χ1) is 14.2. The van der Waals surface area contributed by atoms with Crippen LogP contribution < -0.4 is 20.1 Å². The number of nitrogens with zero attached hydrogens (tertiary/aromatic N) is 1. The fraction of sp³-hybridized carbons (Fsp3) is 0.696. The largest absolute Gasteiger partial charge is 0.493 e. The van der Waals surface area contributed by atoms with Crippen LogP contribution in [-0.4, -0.2) is 53.5 Å². The minimum Gasteiger partial charge on any atom is -0.493 e. The Balaban J connectivity index is 0.00000450. The van der Waals surface area contributed by atoms with Gasteiger partial charge in [-0.15, -0.1) is 24.0 Å². The van der Waals surface area contributed by atoms with Crippen molar-refractivity contribution in [1.29, 1.82) is 0 Å². The SMILES string of the molecule is CCOCCC1(CNC(=NC)NCCCc2ccc(OC)c(OC)c2)CCCC1.I. The third kappa shape index (κ3) is 8.49. The summed E-state index contributed by atoms with van der Waals surface area (Å²) >= 11 is 0. The second-order valence-electron chi connectivity index (χ2n) is 7.80. The Morgan fingerprint density at radius 2 is 1.83 bits per heavy atom. The third-order valence-electron chi connectivity index (χ3n) is 5.88. The summed E-state index contributed by atoms with van der Waals surface area (Å²) in [5.41, 5.74) is 1.60. The maximum absolute atomic E-state index is 5.62. The van der Waals surface area contributed by atoms with Crippen LogP contribution in [-0.2, 0) is 11.2 Å². The predicted molar refractivity (Wildman–Crippen MR) is 135 cm³/mol. The molecule has 0 aliphatic heterocycles. The number of benzene rings is 1. The van der Waals surface area contributed by atoms with Crippen molar-refractivity contribution >= 4 is 29.9 Å². The van der Waals surface area contributed by atoms with E-state index in [-0.39, 0.29) is 24.0 Å². The van der Waals surface area contributed by atoms with Gasteiger partial charge >= 0.3 is 0 Å². The Morgan fingerprint density at radius 3 is 2.47 bits per heavy atom. The van der Waals surface area contributed by atoms with E-state index in [1.165, 1.54) is 31.2 Å². The van der Waals surface area contributed by atoms with Crippen molar-refractivity contribution in [3.05, 3.63) is 23.8 Å². The van der Waals surface area contributed by atoms with Crippen molar-refractivity contribution in [2.24, 2.45) is 10.4 Å². The van der Waals surface area contributed by atoms with Gasteiger partial charge in [0.05, 0.1) is 14.2 Å². The van der Waals surface area contributed by atoms with Crippen molar-refractivity contribution in [1.82, 2.24) is 10.6 Å². The first-order valence-corrected chi connectivity index (χ1v) is 10.9. The molecule has 1 aromatic rings. The Bertz CT molecular complexity index is 634. The van der Waals surface area contributed by atoms with Crippen LogP contribution in [0, 0.1) is 5.41 Å². The number of hydrogen-bond donors (Lipinski definition) is 2. The summed E-state index contributed by atoms with van der Waals surface area (Å²) in [6.07, 6.45) is 8.33. The molecule has 7 heteroatoms. The van der Waals surface area contributed by atoms with E-state index in [1.807, 2.05) is 19.2 Å². The van der Waals surface area contributed by atoms with E-state index in [2.05, 4.69) is 28.6 Å². The van der Waals surface area contributed by atoms with Crippen LogP contribution in [0.3, 0.4) is 0 Å². The first-order valence-electron chi connectivity index (χ1n) is 10.9. The Labute approximate surface area is 199 Å². The predicted octanol–water partition coefficient (Wildman–Crippen LogP) is 4.41. The van der Waals surface area contributed by atoms with Gasteiger partial charge in [0.15, 0.2) is 17.5 Å². The maximum atomic E-state index is 5.62. The fourth-order valence-corrected chi connectivity index (χ4v) is 4.10. The Hall–Kier alpha value is -1.22. The molecular formula is C23H40IN3O3. The Morgan fingerprint density at radius 1 is 1.10 bits per heavy atom. The summed E-state index contributed by atoms with van der Waals surface area (Å²) in [6.45, 7) is 5.56. The molecule has 0 spiro atoms. The molecule has 172 valence electrons. The number of aryl methyl sites for hydroxylation is 1. The van der Waals surface area contributed by atoms with Crippen LogP contribution in [0.1, 0.15) is 51.0 Å². The summed E-state index contributed by atoms with van der Waals surface area (Å²) in [6, 6.07) is 6.11. The Kier molecular flexibility index (Phi) is 13.2. The number of hydrogen-bond acceptors (Lipinski definition) is 4. The molecular weight excluding hydrogens is 493 g/mol. The molecule has 1 aliphatic carbocycles. The van der Waals surface area contributed by atoms with Crippen LogP contribution >= 0.6 is 24.0 Å². The molecule has 6 nitrogen and oxygen atoms in total. The number of halogens is 1. The quantitative estimate of drug-likeness (QED) is 0.181. The fourth-order valence-electron chi connectivity index (χ4n) is 4.10. The highest BCUT2D eigenvalue weighted by Crippen LogP contribution is 2.40. The van der Waals surface area contributed by atoms with Gasteiger partial charge in [0.25, 0.3) is 0 Å². The molecule has 0 aromatic heterocycles. The van der Waals surface area contributed by atoms with Gasteiger partial charge in [0.2, 0.25) is 0 Å². The topological polar surface area (TPSA) is 64.1 Å². The lowest BCUT2D eigenvalue weighted by Crippen LogP contribution is -2.43. The summed E-state index contributed by atoms with van der Waals surface area (Å²) < 4.78 is 16.3. The van der Waals surface area contributed by atoms with Gasteiger partial charge in [-0.3, -0.25) is 4.99 Å². The average molecular weight is 533 g/mol. The monoisotopic (exact) mass is 533 g/mol. The molecule has 1 saturated carbocycles. The molecule has 0 radical (unpaired) electrons. The number of nitrogens with one attached hydrogen (secondary N) is 2. The lowest BCUT2D eigenvalue weighted by Gasteiger charge is -2.30. The van der Waals surface area contributed by atoms with Gasteiger partial charge in [-0.1, -0.05) is 18.9 Å². The number of aliphatic imine (C=N–C) groups is 1. The van der Waals surface area contributed by atoms with E-state index in [0.29, 0.717) is 5.41 Å². The molecule has 2 N–H and O–H groups in total. The van der Waals surface area contributed by atoms with E-state index in [0.717, 1.165) is 63.0 Å². The average Bonchev–Trinajstić information content (AvgIpc) is 3.22. The lowest BCUT2D eigenvalue weighted by molar-refractivity contribution is 0.105. The summed E-state index contributed by atoms with van der Waals surface area (Å²) in [5.74, 6) is 2.44. The molecule has 0 bridgehead atoms. The van der Waals surface area contributed by atoms with Crippen LogP contribution in [0.5, 0.6) is 11.5 Å². The number of rotatable bonds is 12. The standard InChI is InChI=1S/C23H39N3O3.HI/c1-5-29-16-14-23(12-6-7-13-23)18-26-22(24-2)25-15-8-9-19-10-11-20(27-3)21(17-19)28-4;/h10-11,17H,5-9,12-16,18H2,1-4H3,(H2,24,25,26);1H.